The molecule has 0 amide bonds. The van der Waals surface area contributed by atoms with Crippen molar-refractivity contribution in [2.75, 3.05) is 13.1 Å². The van der Waals surface area contributed by atoms with Crippen LogP contribution in [-0.4, -0.2) is 45.2 Å². The maximum atomic E-state index is 12.8. The van der Waals surface area contributed by atoms with Crippen molar-refractivity contribution in [3.8, 4) is 0 Å². The third-order valence-electron chi connectivity index (χ3n) is 6.64. The van der Waals surface area contributed by atoms with Crippen LogP contribution in [0.4, 0.5) is 13.2 Å². The van der Waals surface area contributed by atoms with Gasteiger partial charge in [0.1, 0.15) is 10.3 Å². The van der Waals surface area contributed by atoms with Gasteiger partial charge in [0.2, 0.25) is 0 Å². The number of aromatic nitrogens is 2. The molecule has 1 aliphatic rings. The molecule has 0 unspecified atom stereocenters. The number of thiophene rings is 1. The smallest absolute Gasteiger partial charge is 0.389 e. The van der Waals surface area contributed by atoms with E-state index < -0.39 is 24.0 Å². The molecule has 2 atom stereocenters. The number of carbonyl (C=O) groups is 1. The molecular formula is C23H32F3N3O2S. The Morgan fingerprint density at radius 2 is 1.91 bits per heavy atom. The van der Waals surface area contributed by atoms with Crippen LogP contribution in [0.2, 0.25) is 0 Å². The molecule has 0 spiro atoms. The molecular weight excluding hydrogens is 439 g/mol. The third kappa shape index (κ3) is 5.78. The van der Waals surface area contributed by atoms with E-state index in [9.17, 15) is 23.1 Å². The molecule has 0 aromatic carbocycles. The standard InChI is InChI=1S/C23H32F3N3O2S/c1-14-15(2)28-19-18(27-14)9-17(32-19)12-29-11-16(21(3,4)5)10-22(13-29,20(30)31)7-6-8-23(24,25)26/h9,16H,6-8,10-13H2,1-5H3,(H,30,31)/t16-,22-/m1/s1. The highest BCUT2D eigenvalue weighted by Gasteiger charge is 2.48. The van der Waals surface area contributed by atoms with E-state index in [1.54, 1.807) is 11.3 Å². The molecule has 5 nitrogen and oxygen atoms in total. The average molecular weight is 472 g/mol. The molecule has 1 fully saturated rings. The predicted octanol–water partition coefficient (Wildman–Crippen LogP) is 5.98. The van der Waals surface area contributed by atoms with E-state index in [1.165, 1.54) is 0 Å². The molecule has 1 aliphatic heterocycles. The number of halogens is 3. The maximum absolute atomic E-state index is 12.8. The van der Waals surface area contributed by atoms with Crippen molar-refractivity contribution >= 4 is 27.7 Å². The molecule has 0 bridgehead atoms. The van der Waals surface area contributed by atoms with E-state index in [-0.39, 0.29) is 30.7 Å². The van der Waals surface area contributed by atoms with E-state index in [4.69, 9.17) is 0 Å². The lowest BCUT2D eigenvalue weighted by atomic mass is 9.65. The number of hydrogen-bond donors (Lipinski definition) is 1. The van der Waals surface area contributed by atoms with Crippen LogP contribution in [0.5, 0.6) is 0 Å². The molecule has 9 heteroatoms. The minimum Gasteiger partial charge on any atom is -0.481 e. The quantitative estimate of drug-likeness (QED) is 0.561. The number of fused-ring (bicyclic) bond motifs is 1. The first kappa shape index (κ1) is 24.9. The average Bonchev–Trinajstić information content (AvgIpc) is 3.00. The number of nitrogens with zero attached hydrogens (tertiary/aromatic N) is 3. The van der Waals surface area contributed by atoms with E-state index in [0.717, 1.165) is 26.6 Å². The highest BCUT2D eigenvalue weighted by Crippen LogP contribution is 2.45. The van der Waals surface area contributed by atoms with Crippen LogP contribution in [0.1, 0.15) is 62.7 Å². The fourth-order valence-corrected chi connectivity index (χ4v) is 5.61. The number of piperidine rings is 1. The van der Waals surface area contributed by atoms with E-state index in [1.807, 2.05) is 19.9 Å². The van der Waals surface area contributed by atoms with E-state index in [0.29, 0.717) is 19.5 Å². The number of aryl methyl sites for hydroxylation is 2. The van der Waals surface area contributed by atoms with Crippen LogP contribution >= 0.6 is 11.3 Å². The first-order valence-corrected chi connectivity index (χ1v) is 11.8. The minimum absolute atomic E-state index is 0.0266. The topological polar surface area (TPSA) is 66.3 Å². The van der Waals surface area contributed by atoms with Gasteiger partial charge in [0.15, 0.2) is 0 Å². The molecule has 0 saturated carbocycles. The summed E-state index contributed by atoms with van der Waals surface area (Å²) in [5.74, 6) is -0.932. The van der Waals surface area contributed by atoms with Crippen LogP contribution in [0, 0.1) is 30.6 Å². The van der Waals surface area contributed by atoms with Crippen molar-refractivity contribution in [1.29, 1.82) is 0 Å². The Balaban J connectivity index is 1.86. The van der Waals surface area contributed by atoms with Crippen molar-refractivity contribution in [1.82, 2.24) is 14.9 Å². The summed E-state index contributed by atoms with van der Waals surface area (Å²) in [4.78, 5) is 25.6. The second-order valence-electron chi connectivity index (χ2n) is 10.3. The SMILES string of the molecule is Cc1nc2cc(CN3C[C@H](C(C)(C)C)C[C@@](CCCC(F)(F)F)(C(=O)O)C3)sc2nc1C. The van der Waals surface area contributed by atoms with E-state index in [2.05, 4.69) is 35.6 Å². The van der Waals surface area contributed by atoms with Gasteiger partial charge in [0, 0.05) is 30.9 Å². The highest BCUT2D eigenvalue weighted by molar-refractivity contribution is 7.18. The molecule has 2 aromatic rings. The molecule has 1 N–H and O–H groups in total. The van der Waals surface area contributed by atoms with Crippen LogP contribution < -0.4 is 0 Å². The van der Waals surface area contributed by atoms with Gasteiger partial charge in [-0.1, -0.05) is 20.8 Å². The monoisotopic (exact) mass is 471 g/mol. The number of carboxylic acid groups (broad SMARTS) is 1. The zero-order chi connectivity index (χ0) is 23.9. The van der Waals surface area contributed by atoms with Gasteiger partial charge in [0.25, 0.3) is 0 Å². The van der Waals surface area contributed by atoms with Gasteiger partial charge in [-0.05, 0) is 50.5 Å². The molecule has 3 heterocycles. The lowest BCUT2D eigenvalue weighted by Crippen LogP contribution is -2.53. The van der Waals surface area contributed by atoms with Gasteiger partial charge in [-0.15, -0.1) is 11.3 Å². The van der Waals surface area contributed by atoms with Crippen molar-refractivity contribution < 1.29 is 23.1 Å². The molecule has 32 heavy (non-hydrogen) atoms. The van der Waals surface area contributed by atoms with Crippen LogP contribution in [0.25, 0.3) is 10.3 Å². The summed E-state index contributed by atoms with van der Waals surface area (Å²) in [6, 6.07) is 1.99. The van der Waals surface area contributed by atoms with Crippen LogP contribution in [0.15, 0.2) is 6.07 Å². The van der Waals surface area contributed by atoms with Crippen LogP contribution in [0.3, 0.4) is 0 Å². The summed E-state index contributed by atoms with van der Waals surface area (Å²) in [5, 5.41) is 10.1. The van der Waals surface area contributed by atoms with Gasteiger partial charge < -0.3 is 5.11 Å². The fraction of sp³-hybridized carbons (Fsp3) is 0.696. The first-order valence-electron chi connectivity index (χ1n) is 10.9. The zero-order valence-electron chi connectivity index (χ0n) is 19.3. The largest absolute Gasteiger partial charge is 0.481 e. The van der Waals surface area contributed by atoms with Gasteiger partial charge in [-0.3, -0.25) is 9.69 Å². The summed E-state index contributed by atoms with van der Waals surface area (Å²) < 4.78 is 38.3. The summed E-state index contributed by atoms with van der Waals surface area (Å²) >= 11 is 1.54. The van der Waals surface area contributed by atoms with Crippen molar-refractivity contribution in [2.24, 2.45) is 16.7 Å². The normalized spacial score (nSPS) is 23.1. The highest BCUT2D eigenvalue weighted by atomic mass is 32.1. The van der Waals surface area contributed by atoms with Gasteiger partial charge in [-0.2, -0.15) is 13.2 Å². The van der Waals surface area contributed by atoms with Gasteiger partial charge in [0.05, 0.1) is 16.8 Å². The summed E-state index contributed by atoms with van der Waals surface area (Å²) in [6.45, 7) is 11.6. The molecule has 0 aliphatic carbocycles. The lowest BCUT2D eigenvalue weighted by molar-refractivity contribution is -0.160. The number of alkyl halides is 3. The number of aliphatic carboxylic acids is 1. The predicted molar refractivity (Wildman–Crippen MR) is 120 cm³/mol. The fourth-order valence-electron chi connectivity index (χ4n) is 4.55. The number of rotatable bonds is 6. The van der Waals surface area contributed by atoms with E-state index >= 15 is 0 Å². The third-order valence-corrected chi connectivity index (χ3v) is 7.64. The Morgan fingerprint density at radius 1 is 1.25 bits per heavy atom. The molecule has 3 rings (SSSR count). The van der Waals surface area contributed by atoms with Crippen molar-refractivity contribution in [3.05, 3.63) is 22.3 Å². The van der Waals surface area contributed by atoms with Gasteiger partial charge in [-0.25, -0.2) is 9.97 Å². The van der Waals surface area contributed by atoms with Crippen molar-refractivity contribution in [2.45, 2.75) is 73.0 Å². The first-order chi connectivity index (χ1) is 14.7. The number of likely N-dealkylation sites (tertiary alicyclic amines) is 1. The van der Waals surface area contributed by atoms with Gasteiger partial charge >= 0.3 is 12.1 Å². The molecule has 1 saturated heterocycles. The Bertz CT molecular complexity index is 944. The molecule has 178 valence electrons. The molecule has 2 aromatic heterocycles. The summed E-state index contributed by atoms with van der Waals surface area (Å²) in [5.41, 5.74) is 1.25. The lowest BCUT2D eigenvalue weighted by Gasteiger charge is -2.48. The van der Waals surface area contributed by atoms with Crippen molar-refractivity contribution in [3.63, 3.8) is 0 Å². The zero-order valence-corrected chi connectivity index (χ0v) is 20.2. The Kier molecular flexibility index (Phi) is 6.92. The summed E-state index contributed by atoms with van der Waals surface area (Å²) in [6.07, 6.45) is -4.97. The second kappa shape index (κ2) is 8.89. The van der Waals surface area contributed by atoms with Crippen LogP contribution in [-0.2, 0) is 11.3 Å². The number of hydrogen-bond acceptors (Lipinski definition) is 5. The second-order valence-corrected chi connectivity index (χ2v) is 11.4. The number of carboxylic acids is 1. The Morgan fingerprint density at radius 3 is 2.50 bits per heavy atom. The Labute approximate surface area is 191 Å². The Hall–Kier alpha value is -1.74. The maximum Gasteiger partial charge on any atom is 0.389 e. The molecule has 0 radical (unpaired) electrons. The summed E-state index contributed by atoms with van der Waals surface area (Å²) in [7, 11) is 0. The minimum atomic E-state index is -4.27.